The molecule has 1 aliphatic heterocycles. The highest BCUT2D eigenvalue weighted by molar-refractivity contribution is 5.85. The standard InChI is InChI=1S/C15H20N2O2/c1-16-14(10-12-6-3-2-4-7-12)15(19)17-9-5-8-13(17)11-18/h2-4,6-7,11,13-14,16H,5,8-10H2,1H3/t13-,14-/m0/s1. The minimum atomic E-state index is -0.261. The van der Waals surface area contributed by atoms with Crippen LogP contribution in [0.4, 0.5) is 0 Å². The molecule has 0 radical (unpaired) electrons. The van der Waals surface area contributed by atoms with Gasteiger partial charge in [0.05, 0.1) is 12.1 Å². The Kier molecular flexibility index (Phi) is 4.68. The molecule has 0 saturated carbocycles. The highest BCUT2D eigenvalue weighted by Gasteiger charge is 2.32. The number of aldehydes is 1. The lowest BCUT2D eigenvalue weighted by Gasteiger charge is -2.26. The van der Waals surface area contributed by atoms with Crippen molar-refractivity contribution in [2.45, 2.75) is 31.3 Å². The number of hydrogen-bond donors (Lipinski definition) is 1. The average molecular weight is 260 g/mol. The second-order valence-electron chi connectivity index (χ2n) is 4.91. The summed E-state index contributed by atoms with van der Waals surface area (Å²) in [5, 5.41) is 3.06. The number of likely N-dealkylation sites (tertiary alicyclic amines) is 1. The molecule has 0 spiro atoms. The van der Waals surface area contributed by atoms with Gasteiger partial charge in [-0.2, -0.15) is 0 Å². The van der Waals surface area contributed by atoms with Gasteiger partial charge in [0.2, 0.25) is 5.91 Å². The molecule has 0 aliphatic carbocycles. The highest BCUT2D eigenvalue weighted by Crippen LogP contribution is 2.17. The summed E-state index contributed by atoms with van der Waals surface area (Å²) in [7, 11) is 1.79. The van der Waals surface area contributed by atoms with Crippen molar-refractivity contribution in [1.82, 2.24) is 10.2 Å². The van der Waals surface area contributed by atoms with Crippen molar-refractivity contribution >= 4 is 12.2 Å². The van der Waals surface area contributed by atoms with Gasteiger partial charge < -0.3 is 15.0 Å². The molecular formula is C15H20N2O2. The summed E-state index contributed by atoms with van der Waals surface area (Å²) in [5.74, 6) is 0.0287. The van der Waals surface area contributed by atoms with E-state index in [1.54, 1.807) is 11.9 Å². The number of hydrogen-bond acceptors (Lipinski definition) is 3. The number of carbonyl (C=O) groups is 2. The molecule has 19 heavy (non-hydrogen) atoms. The van der Waals surface area contributed by atoms with Crippen molar-refractivity contribution in [2.75, 3.05) is 13.6 Å². The monoisotopic (exact) mass is 260 g/mol. The largest absolute Gasteiger partial charge is 0.332 e. The van der Waals surface area contributed by atoms with Crippen LogP contribution in [0.3, 0.4) is 0 Å². The van der Waals surface area contributed by atoms with Gasteiger partial charge in [-0.15, -0.1) is 0 Å². The molecule has 1 aromatic carbocycles. The Bertz CT molecular complexity index is 433. The van der Waals surface area contributed by atoms with Crippen LogP contribution in [0.5, 0.6) is 0 Å². The fraction of sp³-hybridized carbons (Fsp3) is 0.467. The topological polar surface area (TPSA) is 49.4 Å². The first kappa shape index (κ1) is 13.7. The molecule has 4 heteroatoms. The Morgan fingerprint density at radius 3 is 2.84 bits per heavy atom. The van der Waals surface area contributed by atoms with Crippen molar-refractivity contribution in [3.05, 3.63) is 35.9 Å². The second-order valence-corrected chi connectivity index (χ2v) is 4.91. The second kappa shape index (κ2) is 6.48. The molecule has 1 aliphatic rings. The van der Waals surface area contributed by atoms with E-state index in [9.17, 15) is 9.59 Å². The number of nitrogens with zero attached hydrogens (tertiary/aromatic N) is 1. The van der Waals surface area contributed by atoms with E-state index < -0.39 is 0 Å². The van der Waals surface area contributed by atoms with Crippen molar-refractivity contribution in [3.63, 3.8) is 0 Å². The molecule has 4 nitrogen and oxygen atoms in total. The molecule has 2 rings (SSSR count). The number of nitrogens with one attached hydrogen (secondary N) is 1. The van der Waals surface area contributed by atoms with Crippen LogP contribution in [0.25, 0.3) is 0 Å². The van der Waals surface area contributed by atoms with E-state index in [2.05, 4.69) is 5.32 Å². The lowest BCUT2D eigenvalue weighted by Crippen LogP contribution is -2.48. The molecule has 0 aromatic heterocycles. The molecule has 0 bridgehead atoms. The summed E-state index contributed by atoms with van der Waals surface area (Å²) >= 11 is 0. The summed E-state index contributed by atoms with van der Waals surface area (Å²) in [6, 6.07) is 9.43. The van der Waals surface area contributed by atoms with Crippen LogP contribution >= 0.6 is 0 Å². The van der Waals surface area contributed by atoms with E-state index in [-0.39, 0.29) is 18.0 Å². The molecule has 102 valence electrons. The first-order valence-corrected chi connectivity index (χ1v) is 6.73. The van der Waals surface area contributed by atoms with E-state index >= 15 is 0 Å². The van der Waals surface area contributed by atoms with Gasteiger partial charge in [-0.1, -0.05) is 30.3 Å². The molecule has 0 unspecified atom stereocenters. The maximum Gasteiger partial charge on any atom is 0.240 e. The summed E-state index contributed by atoms with van der Waals surface area (Å²) < 4.78 is 0. The number of likely N-dealkylation sites (N-methyl/N-ethyl adjacent to an activating group) is 1. The summed E-state index contributed by atoms with van der Waals surface area (Å²) in [6.07, 6.45) is 3.24. The van der Waals surface area contributed by atoms with E-state index in [4.69, 9.17) is 0 Å². The minimum Gasteiger partial charge on any atom is -0.332 e. The highest BCUT2D eigenvalue weighted by atomic mass is 16.2. The summed E-state index contributed by atoms with van der Waals surface area (Å²) in [6.45, 7) is 0.690. The molecule has 1 heterocycles. The number of amides is 1. The predicted molar refractivity (Wildman–Crippen MR) is 73.8 cm³/mol. The molecule has 1 saturated heterocycles. The zero-order valence-corrected chi connectivity index (χ0v) is 11.2. The van der Waals surface area contributed by atoms with Crippen molar-refractivity contribution in [2.24, 2.45) is 0 Å². The Hall–Kier alpha value is -1.68. The first-order valence-electron chi connectivity index (χ1n) is 6.73. The van der Waals surface area contributed by atoms with Gasteiger partial charge in [0.15, 0.2) is 0 Å². The van der Waals surface area contributed by atoms with E-state index in [1.807, 2.05) is 30.3 Å². The normalized spacial score (nSPS) is 20.3. The van der Waals surface area contributed by atoms with Gasteiger partial charge in [-0.05, 0) is 31.9 Å². The zero-order valence-electron chi connectivity index (χ0n) is 11.2. The fourth-order valence-electron chi connectivity index (χ4n) is 2.57. The van der Waals surface area contributed by atoms with Crippen LogP contribution in [0.15, 0.2) is 30.3 Å². The van der Waals surface area contributed by atoms with Crippen molar-refractivity contribution in [3.8, 4) is 0 Å². The number of rotatable bonds is 5. The van der Waals surface area contributed by atoms with Gasteiger partial charge in [0.25, 0.3) is 0 Å². The van der Waals surface area contributed by atoms with Gasteiger partial charge >= 0.3 is 0 Å². The number of benzene rings is 1. The maximum atomic E-state index is 12.5. The first-order chi connectivity index (χ1) is 9.26. The molecule has 1 aromatic rings. The quantitative estimate of drug-likeness (QED) is 0.804. The van der Waals surface area contributed by atoms with Crippen LogP contribution in [0, 0.1) is 0 Å². The molecule has 1 fully saturated rings. The van der Waals surface area contributed by atoms with Crippen molar-refractivity contribution in [1.29, 1.82) is 0 Å². The third kappa shape index (κ3) is 3.20. The number of carbonyl (C=O) groups excluding carboxylic acids is 2. The van der Waals surface area contributed by atoms with Gasteiger partial charge in [-0.3, -0.25) is 4.79 Å². The van der Waals surface area contributed by atoms with E-state index in [0.29, 0.717) is 13.0 Å². The van der Waals surface area contributed by atoms with Crippen LogP contribution < -0.4 is 5.32 Å². The Labute approximate surface area is 113 Å². The maximum absolute atomic E-state index is 12.5. The van der Waals surface area contributed by atoms with Crippen LogP contribution in [0.2, 0.25) is 0 Å². The molecule has 2 atom stereocenters. The lowest BCUT2D eigenvalue weighted by molar-refractivity contribution is -0.136. The Morgan fingerprint density at radius 1 is 1.47 bits per heavy atom. The van der Waals surface area contributed by atoms with E-state index in [1.165, 1.54) is 0 Å². The smallest absolute Gasteiger partial charge is 0.240 e. The third-order valence-electron chi connectivity index (χ3n) is 3.67. The third-order valence-corrected chi connectivity index (χ3v) is 3.67. The molecule has 1 amide bonds. The Morgan fingerprint density at radius 2 is 2.21 bits per heavy atom. The SMILES string of the molecule is CN[C@@H](Cc1ccccc1)C(=O)N1CCC[C@H]1C=O. The Balaban J connectivity index is 2.05. The van der Waals surface area contributed by atoms with Crippen LogP contribution in [-0.4, -0.2) is 42.8 Å². The van der Waals surface area contributed by atoms with Crippen molar-refractivity contribution < 1.29 is 9.59 Å². The summed E-state index contributed by atoms with van der Waals surface area (Å²) in [5.41, 5.74) is 1.12. The zero-order chi connectivity index (χ0) is 13.7. The minimum absolute atomic E-state index is 0.0287. The van der Waals surface area contributed by atoms with Crippen LogP contribution in [-0.2, 0) is 16.0 Å². The fourth-order valence-corrected chi connectivity index (χ4v) is 2.57. The van der Waals surface area contributed by atoms with Gasteiger partial charge in [0.1, 0.15) is 6.29 Å². The summed E-state index contributed by atoms with van der Waals surface area (Å²) in [4.78, 5) is 25.1. The van der Waals surface area contributed by atoms with E-state index in [0.717, 1.165) is 24.7 Å². The molecule has 1 N–H and O–H groups in total. The average Bonchev–Trinajstić information content (AvgIpc) is 2.93. The lowest BCUT2D eigenvalue weighted by atomic mass is 10.0. The predicted octanol–water partition coefficient (Wildman–Crippen LogP) is 1.01. The van der Waals surface area contributed by atoms with Gasteiger partial charge in [0, 0.05) is 6.54 Å². The molecular weight excluding hydrogens is 240 g/mol. The van der Waals surface area contributed by atoms with Gasteiger partial charge in [-0.25, -0.2) is 0 Å². The van der Waals surface area contributed by atoms with Crippen LogP contribution in [0.1, 0.15) is 18.4 Å².